The van der Waals surface area contributed by atoms with Gasteiger partial charge in [-0.05, 0) is 30.5 Å². The van der Waals surface area contributed by atoms with Crippen LogP contribution in [0.25, 0.3) is 0 Å². The number of hydrogen-bond donors (Lipinski definition) is 0. The lowest BCUT2D eigenvalue weighted by Crippen LogP contribution is -2.45. The lowest BCUT2D eigenvalue weighted by Gasteiger charge is -2.29. The summed E-state index contributed by atoms with van der Waals surface area (Å²) in [6.07, 6.45) is 0.398. The van der Waals surface area contributed by atoms with Gasteiger partial charge in [0, 0.05) is 17.6 Å². The van der Waals surface area contributed by atoms with E-state index in [1.54, 1.807) is 0 Å². The summed E-state index contributed by atoms with van der Waals surface area (Å²) in [5.74, 6) is -1.02. The van der Waals surface area contributed by atoms with Crippen molar-refractivity contribution in [2.75, 3.05) is 24.7 Å². The van der Waals surface area contributed by atoms with Gasteiger partial charge in [0.1, 0.15) is 0 Å². The molecule has 0 aliphatic carbocycles. The molecule has 1 saturated heterocycles. The van der Waals surface area contributed by atoms with Crippen molar-refractivity contribution >= 4 is 44.9 Å². The second-order valence-electron chi connectivity index (χ2n) is 6.70. The molecule has 1 fully saturated rings. The quantitative estimate of drug-likeness (QED) is 0.659. The Morgan fingerprint density at radius 3 is 2.58 bits per heavy atom. The van der Waals surface area contributed by atoms with Crippen molar-refractivity contribution in [1.29, 1.82) is 0 Å². The van der Waals surface area contributed by atoms with E-state index in [0.717, 1.165) is 0 Å². The highest BCUT2D eigenvalue weighted by Gasteiger charge is 2.35. The van der Waals surface area contributed by atoms with Gasteiger partial charge in [0.25, 0.3) is 5.91 Å². The molecule has 0 N–H and O–H groups in total. The molecule has 0 aromatic heterocycles. The van der Waals surface area contributed by atoms with Crippen molar-refractivity contribution in [3.05, 3.63) is 33.8 Å². The van der Waals surface area contributed by atoms with Crippen LogP contribution in [-0.4, -0.2) is 55.9 Å². The largest absolute Gasteiger partial charge is 0.452 e. The zero-order valence-corrected chi connectivity index (χ0v) is 16.9. The van der Waals surface area contributed by atoms with E-state index in [1.165, 1.54) is 23.1 Å². The van der Waals surface area contributed by atoms with Crippen molar-refractivity contribution in [2.24, 2.45) is 5.92 Å². The van der Waals surface area contributed by atoms with Gasteiger partial charge in [0.05, 0.1) is 22.1 Å². The highest BCUT2D eigenvalue weighted by Crippen LogP contribution is 2.22. The van der Waals surface area contributed by atoms with Gasteiger partial charge in [-0.25, -0.2) is 13.2 Å². The first kappa shape index (κ1) is 21.0. The van der Waals surface area contributed by atoms with Crippen LogP contribution >= 0.6 is 23.2 Å². The van der Waals surface area contributed by atoms with Crippen molar-refractivity contribution in [3.63, 3.8) is 0 Å². The smallest absolute Gasteiger partial charge is 0.340 e. The van der Waals surface area contributed by atoms with Gasteiger partial charge in [-0.1, -0.05) is 37.0 Å². The van der Waals surface area contributed by atoms with Gasteiger partial charge in [-0.2, -0.15) is 0 Å². The summed E-state index contributed by atoms with van der Waals surface area (Å²) in [6.45, 7) is 3.78. The molecular weight excluding hydrogens is 401 g/mol. The van der Waals surface area contributed by atoms with Crippen molar-refractivity contribution in [2.45, 2.75) is 26.3 Å². The number of ether oxygens (including phenoxy) is 1. The third-order valence-electron chi connectivity index (χ3n) is 4.01. The van der Waals surface area contributed by atoms with Crippen LogP contribution in [0.15, 0.2) is 18.2 Å². The van der Waals surface area contributed by atoms with E-state index in [9.17, 15) is 18.0 Å². The maximum atomic E-state index is 12.6. The number of carbonyl (C=O) groups excluding carboxylic acids is 2. The Morgan fingerprint density at radius 1 is 1.31 bits per heavy atom. The van der Waals surface area contributed by atoms with E-state index >= 15 is 0 Å². The average Bonchev–Trinajstić information content (AvgIpc) is 2.91. The van der Waals surface area contributed by atoms with Crippen molar-refractivity contribution < 1.29 is 22.7 Å². The summed E-state index contributed by atoms with van der Waals surface area (Å²) in [4.78, 5) is 26.2. The molecule has 144 valence electrons. The summed E-state index contributed by atoms with van der Waals surface area (Å²) in [5.41, 5.74) is 0.0748. The lowest BCUT2D eigenvalue weighted by atomic mass is 10.1. The highest BCUT2D eigenvalue weighted by molar-refractivity contribution is 7.91. The molecule has 1 heterocycles. The number of hydrogen-bond acceptors (Lipinski definition) is 5. The number of rotatable bonds is 6. The first-order valence-electron chi connectivity index (χ1n) is 8.21. The molecule has 1 aromatic carbocycles. The maximum Gasteiger partial charge on any atom is 0.340 e. The van der Waals surface area contributed by atoms with Gasteiger partial charge in [-0.3, -0.25) is 4.79 Å². The Labute approximate surface area is 163 Å². The fraction of sp³-hybridized carbons (Fsp3) is 0.529. The van der Waals surface area contributed by atoms with Gasteiger partial charge in [-0.15, -0.1) is 0 Å². The maximum absolute atomic E-state index is 12.6. The summed E-state index contributed by atoms with van der Waals surface area (Å²) in [5, 5.41) is 0.498. The topological polar surface area (TPSA) is 80.8 Å². The highest BCUT2D eigenvalue weighted by atomic mass is 35.5. The van der Waals surface area contributed by atoms with Crippen molar-refractivity contribution in [1.82, 2.24) is 4.90 Å². The molecule has 1 amide bonds. The zero-order chi connectivity index (χ0) is 19.5. The molecule has 2 rings (SSSR count). The number of amides is 1. The monoisotopic (exact) mass is 421 g/mol. The molecule has 0 saturated carbocycles. The number of halogens is 2. The van der Waals surface area contributed by atoms with Crippen LogP contribution in [0.4, 0.5) is 0 Å². The third-order valence-corrected chi connectivity index (χ3v) is 6.32. The van der Waals surface area contributed by atoms with Crippen LogP contribution in [0.1, 0.15) is 30.6 Å². The standard InChI is InChI=1S/C17H21Cl2NO5S/c1-11(2)8-20(13-5-6-26(23,24)10-13)16(21)9-25-17(22)14-7-12(18)3-4-15(14)19/h3-4,7,11,13H,5-6,8-10H2,1-2H3. The molecule has 0 radical (unpaired) electrons. The second-order valence-corrected chi connectivity index (χ2v) is 9.77. The zero-order valence-electron chi connectivity index (χ0n) is 14.6. The van der Waals surface area contributed by atoms with E-state index in [4.69, 9.17) is 27.9 Å². The molecule has 1 atom stereocenters. The van der Waals surface area contributed by atoms with E-state index in [-0.39, 0.29) is 34.1 Å². The summed E-state index contributed by atoms with van der Waals surface area (Å²) in [6, 6.07) is 3.99. The van der Waals surface area contributed by atoms with Crippen LogP contribution in [0.5, 0.6) is 0 Å². The molecule has 0 spiro atoms. The fourth-order valence-corrected chi connectivity index (χ4v) is 4.91. The minimum absolute atomic E-state index is 0.0560. The average molecular weight is 422 g/mol. The first-order valence-corrected chi connectivity index (χ1v) is 10.8. The number of benzene rings is 1. The molecule has 0 bridgehead atoms. The third kappa shape index (κ3) is 5.59. The first-order chi connectivity index (χ1) is 12.1. The Balaban J connectivity index is 2.05. The van der Waals surface area contributed by atoms with Crippen LogP contribution in [-0.2, 0) is 19.4 Å². The van der Waals surface area contributed by atoms with Crippen molar-refractivity contribution in [3.8, 4) is 0 Å². The predicted octanol–water partition coefficient (Wildman–Crippen LogP) is 2.82. The summed E-state index contributed by atoms with van der Waals surface area (Å²) in [7, 11) is -3.13. The van der Waals surface area contributed by atoms with Crippen LogP contribution in [0.3, 0.4) is 0 Å². The lowest BCUT2D eigenvalue weighted by molar-refractivity contribution is -0.137. The van der Waals surface area contributed by atoms with E-state index in [2.05, 4.69) is 0 Å². The molecule has 6 nitrogen and oxygen atoms in total. The molecule has 1 aliphatic rings. The van der Waals surface area contributed by atoms with Gasteiger partial charge in [0.2, 0.25) is 0 Å². The molecule has 26 heavy (non-hydrogen) atoms. The van der Waals surface area contributed by atoms with Crippen LogP contribution in [0.2, 0.25) is 10.0 Å². The van der Waals surface area contributed by atoms with E-state index in [0.29, 0.717) is 18.0 Å². The normalized spacial score (nSPS) is 18.7. The van der Waals surface area contributed by atoms with Gasteiger partial charge < -0.3 is 9.64 Å². The van der Waals surface area contributed by atoms with Crippen LogP contribution < -0.4 is 0 Å². The second kappa shape index (κ2) is 8.59. The fourth-order valence-electron chi connectivity index (χ4n) is 2.81. The predicted molar refractivity (Wildman–Crippen MR) is 100 cm³/mol. The summed E-state index contributed by atoms with van der Waals surface area (Å²) < 4.78 is 28.5. The number of nitrogens with zero attached hydrogens (tertiary/aromatic N) is 1. The Bertz CT molecular complexity index is 794. The Kier molecular flexibility index (Phi) is 6.93. The van der Waals surface area contributed by atoms with Gasteiger partial charge in [0.15, 0.2) is 16.4 Å². The Hall–Kier alpha value is -1.31. The van der Waals surface area contributed by atoms with Gasteiger partial charge >= 0.3 is 5.97 Å². The summed E-state index contributed by atoms with van der Waals surface area (Å²) >= 11 is 11.8. The number of carbonyl (C=O) groups is 2. The molecule has 1 aromatic rings. The molecule has 1 unspecified atom stereocenters. The van der Waals surface area contributed by atoms with E-state index in [1.807, 2.05) is 13.8 Å². The SMILES string of the molecule is CC(C)CN(C(=O)COC(=O)c1cc(Cl)ccc1Cl)C1CCS(=O)(=O)C1. The number of esters is 1. The minimum Gasteiger partial charge on any atom is -0.452 e. The molecule has 9 heteroatoms. The molecular formula is C17H21Cl2NO5S. The number of sulfone groups is 1. The van der Waals surface area contributed by atoms with E-state index < -0.39 is 28.3 Å². The Morgan fingerprint density at radius 2 is 2.00 bits per heavy atom. The minimum atomic E-state index is -3.13. The molecule has 1 aliphatic heterocycles. The van der Waals surface area contributed by atoms with Crippen LogP contribution in [0, 0.1) is 5.92 Å².